The van der Waals surface area contributed by atoms with E-state index in [4.69, 9.17) is 0 Å². The van der Waals surface area contributed by atoms with Crippen LogP contribution in [0, 0.1) is 0 Å². The van der Waals surface area contributed by atoms with Gasteiger partial charge in [0.25, 0.3) is 0 Å². The highest BCUT2D eigenvalue weighted by Crippen LogP contribution is 2.20. The molecule has 70 valence electrons. The summed E-state index contributed by atoms with van der Waals surface area (Å²) in [5.74, 6) is 0. The van der Waals surface area contributed by atoms with E-state index in [2.05, 4.69) is 35.9 Å². The smallest absolute Gasteiger partial charge is 0.0592 e. The maximum absolute atomic E-state index is 4.63. The van der Waals surface area contributed by atoms with Gasteiger partial charge in [0.2, 0.25) is 0 Å². The van der Waals surface area contributed by atoms with Crippen LogP contribution in [0.25, 0.3) is 0 Å². The maximum atomic E-state index is 4.63. The second-order valence-corrected chi connectivity index (χ2v) is 3.57. The Labute approximate surface area is 79.6 Å². The number of rotatable bonds is 2. The fourth-order valence-electron chi connectivity index (χ4n) is 1.79. The molecule has 2 heteroatoms. The molecule has 0 fully saturated rings. The van der Waals surface area contributed by atoms with Crippen LogP contribution in [0.1, 0.15) is 30.8 Å². The first kappa shape index (κ1) is 8.70. The van der Waals surface area contributed by atoms with Gasteiger partial charge in [0.15, 0.2) is 0 Å². The zero-order chi connectivity index (χ0) is 9.26. The van der Waals surface area contributed by atoms with Crippen molar-refractivity contribution < 1.29 is 0 Å². The lowest BCUT2D eigenvalue weighted by Gasteiger charge is -2.08. The average Bonchev–Trinajstić information content (AvgIpc) is 2.58. The molecule has 0 N–H and O–H groups in total. The van der Waals surface area contributed by atoms with Crippen molar-refractivity contribution in [2.45, 2.75) is 33.4 Å². The van der Waals surface area contributed by atoms with Crippen LogP contribution in [0.5, 0.6) is 0 Å². The van der Waals surface area contributed by atoms with Crippen LogP contribution in [-0.4, -0.2) is 16.4 Å². The van der Waals surface area contributed by atoms with Crippen molar-refractivity contribution in [2.75, 3.05) is 6.54 Å². The Hall–Kier alpha value is -0.890. The summed E-state index contributed by atoms with van der Waals surface area (Å²) in [6.07, 6.45) is 1.04. The standard InChI is InChI=1S/C11H16N2/c1-3-10-6-5-9-7-13(4-2)8-11(9)12-10/h5-6H,3-4,7-8H2,1-2H3. The lowest BCUT2D eigenvalue weighted by molar-refractivity contribution is 0.299. The Kier molecular flexibility index (Phi) is 2.32. The normalized spacial score (nSPS) is 16.2. The van der Waals surface area contributed by atoms with Crippen LogP contribution < -0.4 is 0 Å². The van der Waals surface area contributed by atoms with Crippen LogP contribution >= 0.6 is 0 Å². The summed E-state index contributed by atoms with van der Waals surface area (Å²) >= 11 is 0. The van der Waals surface area contributed by atoms with Crippen LogP contribution in [0.4, 0.5) is 0 Å². The minimum atomic E-state index is 1.04. The molecule has 1 aromatic rings. The Morgan fingerprint density at radius 2 is 2.15 bits per heavy atom. The first-order chi connectivity index (χ1) is 6.33. The van der Waals surface area contributed by atoms with E-state index in [-0.39, 0.29) is 0 Å². The third-order valence-corrected chi connectivity index (χ3v) is 2.70. The number of hydrogen-bond donors (Lipinski definition) is 0. The molecule has 0 radical (unpaired) electrons. The number of aromatic nitrogens is 1. The van der Waals surface area contributed by atoms with Gasteiger partial charge in [-0.3, -0.25) is 9.88 Å². The highest BCUT2D eigenvalue weighted by Gasteiger charge is 2.18. The largest absolute Gasteiger partial charge is 0.293 e. The number of aryl methyl sites for hydroxylation is 1. The van der Waals surface area contributed by atoms with E-state index in [9.17, 15) is 0 Å². The minimum absolute atomic E-state index is 1.04. The van der Waals surface area contributed by atoms with Gasteiger partial charge in [-0.25, -0.2) is 0 Å². The summed E-state index contributed by atoms with van der Waals surface area (Å²) in [6.45, 7) is 7.61. The van der Waals surface area contributed by atoms with E-state index in [0.717, 1.165) is 26.1 Å². The van der Waals surface area contributed by atoms with Crippen molar-refractivity contribution in [3.63, 3.8) is 0 Å². The number of nitrogens with zero attached hydrogens (tertiary/aromatic N) is 2. The SMILES string of the molecule is CCc1ccc2c(n1)CN(CC)C2. The summed E-state index contributed by atoms with van der Waals surface area (Å²) in [5.41, 5.74) is 3.93. The summed E-state index contributed by atoms with van der Waals surface area (Å²) in [6, 6.07) is 4.38. The van der Waals surface area contributed by atoms with E-state index >= 15 is 0 Å². The lowest BCUT2D eigenvalue weighted by Crippen LogP contribution is -2.14. The Morgan fingerprint density at radius 3 is 2.85 bits per heavy atom. The second kappa shape index (κ2) is 3.46. The molecule has 2 nitrogen and oxygen atoms in total. The van der Waals surface area contributed by atoms with Gasteiger partial charge >= 0.3 is 0 Å². The molecule has 0 saturated carbocycles. The zero-order valence-corrected chi connectivity index (χ0v) is 8.38. The monoisotopic (exact) mass is 176 g/mol. The van der Waals surface area contributed by atoms with E-state index in [1.54, 1.807) is 0 Å². The van der Waals surface area contributed by atoms with Crippen molar-refractivity contribution in [1.29, 1.82) is 0 Å². The maximum Gasteiger partial charge on any atom is 0.0592 e. The summed E-state index contributed by atoms with van der Waals surface area (Å²) < 4.78 is 0. The predicted molar refractivity (Wildman–Crippen MR) is 53.4 cm³/mol. The molecule has 0 saturated heterocycles. The molecule has 1 aliphatic heterocycles. The topological polar surface area (TPSA) is 16.1 Å². The Bertz CT molecular complexity index is 307. The van der Waals surface area contributed by atoms with Gasteiger partial charge in [-0.05, 0) is 24.6 Å². The van der Waals surface area contributed by atoms with Crippen LogP contribution in [0.3, 0.4) is 0 Å². The summed E-state index contributed by atoms with van der Waals surface area (Å²) in [4.78, 5) is 7.04. The molecule has 2 rings (SSSR count). The molecule has 1 aliphatic rings. The van der Waals surface area contributed by atoms with Crippen molar-refractivity contribution in [2.24, 2.45) is 0 Å². The third kappa shape index (κ3) is 1.59. The van der Waals surface area contributed by atoms with Crippen LogP contribution in [-0.2, 0) is 19.5 Å². The predicted octanol–water partition coefficient (Wildman–Crippen LogP) is 1.98. The van der Waals surface area contributed by atoms with Gasteiger partial charge < -0.3 is 0 Å². The molecule has 0 aromatic carbocycles. The fraction of sp³-hybridized carbons (Fsp3) is 0.545. The van der Waals surface area contributed by atoms with Crippen LogP contribution in [0.15, 0.2) is 12.1 Å². The molecule has 0 atom stereocenters. The summed E-state index contributed by atoms with van der Waals surface area (Å²) in [5, 5.41) is 0. The first-order valence-electron chi connectivity index (χ1n) is 5.03. The molecule has 2 heterocycles. The average molecular weight is 176 g/mol. The molecule has 0 aliphatic carbocycles. The minimum Gasteiger partial charge on any atom is -0.293 e. The number of hydrogen-bond acceptors (Lipinski definition) is 2. The van der Waals surface area contributed by atoms with Gasteiger partial charge in [-0.2, -0.15) is 0 Å². The van der Waals surface area contributed by atoms with Gasteiger partial charge in [0.1, 0.15) is 0 Å². The van der Waals surface area contributed by atoms with Crippen molar-refractivity contribution in [1.82, 2.24) is 9.88 Å². The molecule has 13 heavy (non-hydrogen) atoms. The molecule has 1 aromatic heterocycles. The van der Waals surface area contributed by atoms with E-state index in [1.165, 1.54) is 17.0 Å². The Balaban J connectivity index is 2.25. The third-order valence-electron chi connectivity index (χ3n) is 2.70. The Morgan fingerprint density at radius 1 is 1.31 bits per heavy atom. The zero-order valence-electron chi connectivity index (χ0n) is 8.38. The quantitative estimate of drug-likeness (QED) is 0.685. The van der Waals surface area contributed by atoms with Gasteiger partial charge in [0.05, 0.1) is 5.69 Å². The lowest BCUT2D eigenvalue weighted by atomic mass is 10.2. The molecule has 0 amide bonds. The molecule has 0 unspecified atom stereocenters. The molecular weight excluding hydrogens is 160 g/mol. The van der Waals surface area contributed by atoms with Crippen molar-refractivity contribution in [3.8, 4) is 0 Å². The van der Waals surface area contributed by atoms with E-state index < -0.39 is 0 Å². The number of pyridine rings is 1. The highest BCUT2D eigenvalue weighted by atomic mass is 15.1. The molecular formula is C11H16N2. The highest BCUT2D eigenvalue weighted by molar-refractivity contribution is 5.26. The van der Waals surface area contributed by atoms with Crippen molar-refractivity contribution in [3.05, 3.63) is 29.1 Å². The van der Waals surface area contributed by atoms with Crippen LogP contribution in [0.2, 0.25) is 0 Å². The van der Waals surface area contributed by atoms with E-state index in [0.29, 0.717) is 0 Å². The van der Waals surface area contributed by atoms with Gasteiger partial charge in [-0.1, -0.05) is 19.9 Å². The number of fused-ring (bicyclic) bond motifs is 1. The second-order valence-electron chi connectivity index (χ2n) is 3.57. The first-order valence-corrected chi connectivity index (χ1v) is 5.03. The van der Waals surface area contributed by atoms with Crippen molar-refractivity contribution >= 4 is 0 Å². The molecule has 0 spiro atoms. The van der Waals surface area contributed by atoms with Gasteiger partial charge in [0, 0.05) is 18.8 Å². The summed E-state index contributed by atoms with van der Waals surface area (Å²) in [7, 11) is 0. The fourth-order valence-corrected chi connectivity index (χ4v) is 1.79. The molecule has 0 bridgehead atoms. The van der Waals surface area contributed by atoms with E-state index in [1.807, 2.05) is 0 Å². The van der Waals surface area contributed by atoms with Gasteiger partial charge in [-0.15, -0.1) is 0 Å².